The van der Waals surface area contributed by atoms with Crippen molar-refractivity contribution in [2.45, 2.75) is 41.0 Å². The first-order valence-electron chi connectivity index (χ1n) is 8.57. The number of hydrogen-bond donors (Lipinski definition) is 0. The highest BCUT2D eigenvalue weighted by Gasteiger charge is 2.86. The molecule has 0 radical (unpaired) electrons. The summed E-state index contributed by atoms with van der Waals surface area (Å²) in [6.07, 6.45) is -6.80. The Morgan fingerprint density at radius 3 is 1.81 bits per heavy atom. The highest BCUT2D eigenvalue weighted by molar-refractivity contribution is 8.33. The summed E-state index contributed by atoms with van der Waals surface area (Å²) >= 11 is 0. The molecule has 0 aromatic heterocycles. The SMILES string of the molecule is COc1ccc(S2(OS(=O)(=O)C(F)(F)C(F)(F)C(F)(F)C(F)(F)F)CCCC2)c(OC)c1. The van der Waals surface area contributed by atoms with Gasteiger partial charge in [0.25, 0.3) is 0 Å². The fourth-order valence-corrected chi connectivity index (χ4v) is 8.71. The van der Waals surface area contributed by atoms with E-state index in [1.54, 1.807) is 0 Å². The molecule has 1 aromatic rings. The molecule has 1 aromatic carbocycles. The van der Waals surface area contributed by atoms with Crippen LogP contribution in [0.4, 0.5) is 39.5 Å². The third kappa shape index (κ3) is 4.08. The molecule has 0 bridgehead atoms. The first kappa shape index (κ1) is 26.7. The average molecular weight is 524 g/mol. The minimum atomic E-state index is -7.37. The molecule has 0 atom stereocenters. The quantitative estimate of drug-likeness (QED) is 0.430. The van der Waals surface area contributed by atoms with Gasteiger partial charge >= 0.3 is 33.4 Å². The summed E-state index contributed by atoms with van der Waals surface area (Å²) in [5.74, 6) is -15.2. The van der Waals surface area contributed by atoms with Crippen molar-refractivity contribution in [3.63, 3.8) is 0 Å². The molecular weight excluding hydrogens is 507 g/mol. The fourth-order valence-electron chi connectivity index (χ4n) is 2.91. The Bertz CT molecular complexity index is 942. The predicted molar refractivity (Wildman–Crippen MR) is 95.3 cm³/mol. The van der Waals surface area contributed by atoms with E-state index in [9.17, 15) is 47.9 Å². The highest BCUT2D eigenvalue weighted by atomic mass is 32.3. The zero-order chi connectivity index (χ0) is 24.8. The van der Waals surface area contributed by atoms with Crippen LogP contribution in [-0.4, -0.2) is 57.4 Å². The van der Waals surface area contributed by atoms with Crippen LogP contribution in [0.1, 0.15) is 12.8 Å². The van der Waals surface area contributed by atoms with Crippen LogP contribution in [0.3, 0.4) is 0 Å². The van der Waals surface area contributed by atoms with Crippen LogP contribution >= 0.6 is 10.3 Å². The second-order valence-corrected chi connectivity index (χ2v) is 11.5. The Morgan fingerprint density at radius 2 is 1.38 bits per heavy atom. The molecule has 1 aliphatic rings. The van der Waals surface area contributed by atoms with Crippen LogP contribution in [0.5, 0.6) is 11.5 Å². The Kier molecular flexibility index (Phi) is 6.96. The molecule has 0 amide bonds. The molecule has 186 valence electrons. The second-order valence-electron chi connectivity index (χ2n) is 6.63. The molecule has 0 saturated carbocycles. The third-order valence-corrected chi connectivity index (χ3v) is 10.3. The van der Waals surface area contributed by atoms with Gasteiger partial charge in [0.1, 0.15) is 11.5 Å². The van der Waals surface area contributed by atoms with Gasteiger partial charge in [-0.1, -0.05) is 10.3 Å². The first-order chi connectivity index (χ1) is 14.4. The molecule has 0 aliphatic carbocycles. The molecule has 0 unspecified atom stereocenters. The van der Waals surface area contributed by atoms with Crippen molar-refractivity contribution in [3.8, 4) is 11.5 Å². The van der Waals surface area contributed by atoms with E-state index < -0.39 is 43.7 Å². The van der Waals surface area contributed by atoms with Crippen LogP contribution < -0.4 is 9.47 Å². The number of ether oxygens (including phenoxy) is 2. The summed E-state index contributed by atoms with van der Waals surface area (Å²) in [4.78, 5) is -0.136. The van der Waals surface area contributed by atoms with Crippen molar-refractivity contribution in [3.05, 3.63) is 18.2 Å². The van der Waals surface area contributed by atoms with E-state index in [-0.39, 0.29) is 40.7 Å². The van der Waals surface area contributed by atoms with E-state index >= 15 is 0 Å². The van der Waals surface area contributed by atoms with Crippen molar-refractivity contribution in [1.82, 2.24) is 0 Å². The van der Waals surface area contributed by atoms with Crippen LogP contribution in [0.2, 0.25) is 0 Å². The maximum atomic E-state index is 14.2. The summed E-state index contributed by atoms with van der Waals surface area (Å²) in [7, 11) is -8.03. The maximum absolute atomic E-state index is 14.2. The Hall–Kier alpha value is -1.55. The molecule has 1 aliphatic heterocycles. The number of halogens is 9. The number of rotatable bonds is 8. The van der Waals surface area contributed by atoms with E-state index in [2.05, 4.69) is 3.63 Å². The lowest BCUT2D eigenvalue weighted by Gasteiger charge is -2.38. The minimum Gasteiger partial charge on any atom is -0.497 e. The van der Waals surface area contributed by atoms with Gasteiger partial charge in [-0.15, -0.1) is 0 Å². The number of alkyl halides is 9. The van der Waals surface area contributed by atoms with Crippen molar-refractivity contribution in [1.29, 1.82) is 0 Å². The molecule has 0 N–H and O–H groups in total. The lowest BCUT2D eigenvalue weighted by atomic mass is 10.1. The molecular formula is C16H17F9O5S2. The van der Waals surface area contributed by atoms with Gasteiger partial charge in [-0.05, 0) is 25.0 Å². The van der Waals surface area contributed by atoms with E-state index in [4.69, 9.17) is 9.47 Å². The van der Waals surface area contributed by atoms with Crippen molar-refractivity contribution in [2.24, 2.45) is 0 Å². The molecule has 32 heavy (non-hydrogen) atoms. The third-order valence-electron chi connectivity index (χ3n) is 4.62. The molecule has 1 heterocycles. The van der Waals surface area contributed by atoms with Crippen LogP contribution in [0.15, 0.2) is 23.1 Å². The standard InChI is InChI=1S/C16H17F9O5S2/c1-28-10-5-6-12(11(9-10)29-2)31(7-3-4-8-31)30-32(26,27)16(24,25)14(19,20)13(17,18)15(21,22)23/h5-6,9H,3-4,7-8H2,1-2H3. The summed E-state index contributed by atoms with van der Waals surface area (Å²) in [6, 6.07) is 3.63. The van der Waals surface area contributed by atoms with Gasteiger partial charge in [0.05, 0.1) is 19.1 Å². The molecule has 0 spiro atoms. The van der Waals surface area contributed by atoms with Gasteiger partial charge < -0.3 is 9.47 Å². The van der Waals surface area contributed by atoms with Crippen LogP contribution in [-0.2, 0) is 13.7 Å². The second kappa shape index (κ2) is 8.34. The molecule has 16 heteroatoms. The normalized spacial score (nSPS) is 19.0. The molecule has 2 rings (SSSR count). The van der Waals surface area contributed by atoms with Gasteiger partial charge in [0.2, 0.25) is 0 Å². The van der Waals surface area contributed by atoms with Gasteiger partial charge in [-0.3, -0.25) is 0 Å². The summed E-state index contributed by atoms with van der Waals surface area (Å²) < 4.78 is 158. The van der Waals surface area contributed by atoms with Crippen molar-refractivity contribution >= 4 is 20.4 Å². The number of hydrogen-bond acceptors (Lipinski definition) is 5. The zero-order valence-corrected chi connectivity index (χ0v) is 18.0. The topological polar surface area (TPSA) is 61.8 Å². The Labute approximate surface area is 178 Å². The van der Waals surface area contributed by atoms with Gasteiger partial charge in [-0.2, -0.15) is 47.9 Å². The fraction of sp³-hybridized carbons (Fsp3) is 0.625. The van der Waals surface area contributed by atoms with Gasteiger partial charge in [-0.25, -0.2) is 3.63 Å². The summed E-state index contributed by atoms with van der Waals surface area (Å²) in [6.45, 7) is 0. The van der Waals surface area contributed by atoms with Crippen LogP contribution in [0.25, 0.3) is 0 Å². The van der Waals surface area contributed by atoms with Crippen molar-refractivity contribution in [2.75, 3.05) is 25.7 Å². The molecule has 5 nitrogen and oxygen atoms in total. The highest BCUT2D eigenvalue weighted by Crippen LogP contribution is 2.67. The van der Waals surface area contributed by atoms with E-state index in [0.29, 0.717) is 0 Å². The Balaban J connectivity index is 2.59. The summed E-state index contributed by atoms with van der Waals surface area (Å²) in [5, 5.41) is -6.92. The van der Waals surface area contributed by atoms with E-state index in [0.717, 1.165) is 13.2 Å². The lowest BCUT2D eigenvalue weighted by molar-refractivity contribution is -0.382. The Morgan fingerprint density at radius 1 is 0.844 bits per heavy atom. The minimum absolute atomic E-state index is 0.132. The number of benzene rings is 1. The van der Waals surface area contributed by atoms with E-state index in [1.807, 2.05) is 0 Å². The average Bonchev–Trinajstić information content (AvgIpc) is 3.14. The largest absolute Gasteiger partial charge is 0.497 e. The number of methoxy groups -OCH3 is 2. The predicted octanol–water partition coefficient (Wildman–Crippen LogP) is 5.35. The summed E-state index contributed by atoms with van der Waals surface area (Å²) in [5.41, 5.74) is 0. The smallest absolute Gasteiger partial charge is 0.460 e. The van der Waals surface area contributed by atoms with Gasteiger partial charge in [0, 0.05) is 17.6 Å². The molecule has 1 saturated heterocycles. The maximum Gasteiger partial charge on any atom is 0.460 e. The monoisotopic (exact) mass is 524 g/mol. The van der Waals surface area contributed by atoms with Crippen LogP contribution in [0, 0.1) is 0 Å². The molecule has 1 fully saturated rings. The lowest BCUT2D eigenvalue weighted by Crippen LogP contribution is -2.63. The first-order valence-corrected chi connectivity index (χ1v) is 11.9. The van der Waals surface area contributed by atoms with Gasteiger partial charge in [0.15, 0.2) is 0 Å². The van der Waals surface area contributed by atoms with Crippen molar-refractivity contribution < 1.29 is 61.0 Å². The van der Waals surface area contributed by atoms with E-state index in [1.165, 1.54) is 19.2 Å². The zero-order valence-electron chi connectivity index (χ0n) is 16.3.